The summed E-state index contributed by atoms with van der Waals surface area (Å²) in [6.45, 7) is 4.18. The Morgan fingerprint density at radius 3 is 2.60 bits per heavy atom. The van der Waals surface area contributed by atoms with Crippen LogP contribution in [0.1, 0.15) is 16.8 Å². The Balaban J connectivity index is 1.87. The molecule has 2 aromatic carbocycles. The molecule has 100 valence electrons. The van der Waals surface area contributed by atoms with Gasteiger partial charge in [0, 0.05) is 36.1 Å². The van der Waals surface area contributed by atoms with E-state index in [1.807, 2.05) is 0 Å². The number of H-pyrrole nitrogens is 1. The Hall–Kier alpha value is -2.06. The molecule has 0 radical (unpaired) electrons. The van der Waals surface area contributed by atoms with E-state index in [-0.39, 0.29) is 0 Å². The molecule has 0 saturated carbocycles. The molecule has 0 saturated heterocycles. The fourth-order valence-corrected chi connectivity index (χ4v) is 3.07. The molecule has 0 bridgehead atoms. The van der Waals surface area contributed by atoms with Gasteiger partial charge in [0.05, 0.1) is 0 Å². The molecular weight excluding hydrogens is 244 g/mol. The Bertz CT molecular complexity index is 766. The van der Waals surface area contributed by atoms with E-state index in [4.69, 9.17) is 0 Å². The summed E-state index contributed by atoms with van der Waals surface area (Å²) in [5, 5.41) is 4.83. The van der Waals surface area contributed by atoms with Gasteiger partial charge in [-0.1, -0.05) is 35.9 Å². The van der Waals surface area contributed by atoms with Crippen LogP contribution in [0.3, 0.4) is 0 Å². The van der Waals surface area contributed by atoms with E-state index in [1.54, 1.807) is 0 Å². The second kappa shape index (κ2) is 4.50. The largest absolute Gasteiger partial charge is 0.358 e. The van der Waals surface area contributed by atoms with Crippen molar-refractivity contribution in [2.24, 2.45) is 0 Å². The summed E-state index contributed by atoms with van der Waals surface area (Å²) >= 11 is 0. The molecule has 2 heteroatoms. The number of nitrogens with one attached hydrogen (secondary N) is 2. The fourth-order valence-electron chi connectivity index (χ4n) is 3.07. The number of hydrogen-bond donors (Lipinski definition) is 2. The molecule has 3 aromatic rings. The molecule has 0 fully saturated rings. The van der Waals surface area contributed by atoms with Crippen molar-refractivity contribution < 1.29 is 0 Å². The summed E-state index contributed by atoms with van der Waals surface area (Å²) < 4.78 is 0. The number of aromatic nitrogens is 1. The average Bonchev–Trinajstić information content (AvgIpc) is 2.86. The first-order valence-corrected chi connectivity index (χ1v) is 7.22. The summed E-state index contributed by atoms with van der Waals surface area (Å²) in [5.41, 5.74) is 7.99. The normalized spacial score (nSPS) is 14.4. The van der Waals surface area contributed by atoms with Crippen molar-refractivity contribution in [3.05, 3.63) is 59.3 Å². The van der Waals surface area contributed by atoms with Gasteiger partial charge >= 0.3 is 0 Å². The summed E-state index contributed by atoms with van der Waals surface area (Å²) in [4.78, 5) is 3.56. The van der Waals surface area contributed by atoms with Gasteiger partial charge in [-0.05, 0) is 35.7 Å². The van der Waals surface area contributed by atoms with Gasteiger partial charge in [0.1, 0.15) is 0 Å². The predicted octanol–water partition coefficient (Wildman–Crippen LogP) is 3.79. The fraction of sp³-hybridized carbons (Fsp3) is 0.222. The van der Waals surface area contributed by atoms with Crippen LogP contribution in [0.15, 0.2) is 42.5 Å². The number of rotatable bonds is 1. The third-order valence-electron chi connectivity index (χ3n) is 4.23. The van der Waals surface area contributed by atoms with E-state index in [9.17, 15) is 0 Å². The predicted molar refractivity (Wildman–Crippen MR) is 83.9 cm³/mol. The minimum atomic E-state index is 0.979. The maximum absolute atomic E-state index is 3.56. The number of aryl methyl sites for hydroxylation is 1. The third kappa shape index (κ3) is 1.84. The summed E-state index contributed by atoms with van der Waals surface area (Å²) in [6.07, 6.45) is 1.10. The van der Waals surface area contributed by atoms with E-state index in [1.165, 1.54) is 38.9 Å². The SMILES string of the molecule is Cc1ccc(-c2ccc3[nH]c4c(c3c2)CNCC4)cc1. The van der Waals surface area contributed by atoms with Gasteiger partial charge in [-0.25, -0.2) is 0 Å². The second-order valence-electron chi connectivity index (χ2n) is 5.64. The standard InChI is InChI=1S/C18H18N2/c1-12-2-4-13(5-3-12)14-6-7-17-15(10-14)16-11-19-9-8-18(16)20-17/h2-7,10,19-20H,8-9,11H2,1H3. The number of hydrogen-bond acceptors (Lipinski definition) is 1. The molecule has 2 heterocycles. The lowest BCUT2D eigenvalue weighted by Gasteiger charge is -2.12. The molecule has 0 amide bonds. The molecule has 0 atom stereocenters. The van der Waals surface area contributed by atoms with Gasteiger partial charge in [0.15, 0.2) is 0 Å². The van der Waals surface area contributed by atoms with Crippen molar-refractivity contribution in [3.8, 4) is 11.1 Å². The maximum Gasteiger partial charge on any atom is 0.0459 e. The summed E-state index contributed by atoms with van der Waals surface area (Å²) in [6, 6.07) is 15.5. The van der Waals surface area contributed by atoms with Crippen LogP contribution in [0.2, 0.25) is 0 Å². The Morgan fingerprint density at radius 2 is 1.75 bits per heavy atom. The molecule has 2 N–H and O–H groups in total. The molecule has 4 rings (SSSR count). The van der Waals surface area contributed by atoms with E-state index in [2.05, 4.69) is 59.7 Å². The molecule has 20 heavy (non-hydrogen) atoms. The summed E-state index contributed by atoms with van der Waals surface area (Å²) in [5.74, 6) is 0. The van der Waals surface area contributed by atoms with Crippen LogP contribution < -0.4 is 5.32 Å². The Kier molecular flexibility index (Phi) is 2.64. The third-order valence-corrected chi connectivity index (χ3v) is 4.23. The first-order chi connectivity index (χ1) is 9.81. The first-order valence-electron chi connectivity index (χ1n) is 7.22. The van der Waals surface area contributed by atoms with Crippen molar-refractivity contribution >= 4 is 10.9 Å². The molecule has 0 spiro atoms. The van der Waals surface area contributed by atoms with Crippen LogP contribution in [0, 0.1) is 6.92 Å². The van der Waals surface area contributed by atoms with E-state index in [0.29, 0.717) is 0 Å². The van der Waals surface area contributed by atoms with Crippen LogP contribution in [0.25, 0.3) is 22.0 Å². The highest BCUT2D eigenvalue weighted by Crippen LogP contribution is 2.29. The molecule has 1 aliphatic heterocycles. The van der Waals surface area contributed by atoms with Gasteiger partial charge < -0.3 is 10.3 Å². The van der Waals surface area contributed by atoms with E-state index in [0.717, 1.165) is 19.5 Å². The highest BCUT2D eigenvalue weighted by molar-refractivity contribution is 5.89. The molecule has 0 unspecified atom stereocenters. The minimum absolute atomic E-state index is 0.979. The number of fused-ring (bicyclic) bond motifs is 3. The molecular formula is C18H18N2. The first kappa shape index (κ1) is 11.7. The van der Waals surface area contributed by atoms with Crippen LogP contribution in [-0.2, 0) is 13.0 Å². The van der Waals surface area contributed by atoms with Gasteiger partial charge in [-0.2, -0.15) is 0 Å². The van der Waals surface area contributed by atoms with Gasteiger partial charge in [0.25, 0.3) is 0 Å². The second-order valence-corrected chi connectivity index (χ2v) is 5.64. The molecule has 0 aliphatic carbocycles. The van der Waals surface area contributed by atoms with Gasteiger partial charge in [-0.15, -0.1) is 0 Å². The Morgan fingerprint density at radius 1 is 0.950 bits per heavy atom. The van der Waals surface area contributed by atoms with Crippen molar-refractivity contribution in [2.45, 2.75) is 19.9 Å². The number of benzene rings is 2. The van der Waals surface area contributed by atoms with Gasteiger partial charge in [0.2, 0.25) is 0 Å². The van der Waals surface area contributed by atoms with Crippen molar-refractivity contribution in [3.63, 3.8) is 0 Å². The molecule has 1 aliphatic rings. The highest BCUT2D eigenvalue weighted by Gasteiger charge is 2.15. The zero-order valence-electron chi connectivity index (χ0n) is 11.7. The van der Waals surface area contributed by atoms with Crippen LogP contribution in [-0.4, -0.2) is 11.5 Å². The lowest BCUT2D eigenvalue weighted by Crippen LogP contribution is -2.22. The van der Waals surface area contributed by atoms with Crippen LogP contribution in [0.4, 0.5) is 0 Å². The van der Waals surface area contributed by atoms with E-state index >= 15 is 0 Å². The average molecular weight is 262 g/mol. The minimum Gasteiger partial charge on any atom is -0.358 e. The lowest BCUT2D eigenvalue weighted by atomic mass is 10.00. The monoisotopic (exact) mass is 262 g/mol. The Labute approximate surface area is 118 Å². The quantitative estimate of drug-likeness (QED) is 0.686. The van der Waals surface area contributed by atoms with E-state index < -0.39 is 0 Å². The van der Waals surface area contributed by atoms with Crippen LogP contribution in [0.5, 0.6) is 0 Å². The molecule has 2 nitrogen and oxygen atoms in total. The lowest BCUT2D eigenvalue weighted by molar-refractivity contribution is 0.641. The van der Waals surface area contributed by atoms with Gasteiger partial charge in [-0.3, -0.25) is 0 Å². The topological polar surface area (TPSA) is 27.8 Å². The number of aromatic amines is 1. The highest BCUT2D eigenvalue weighted by atomic mass is 14.9. The zero-order chi connectivity index (χ0) is 13.5. The summed E-state index contributed by atoms with van der Waals surface area (Å²) in [7, 11) is 0. The van der Waals surface area contributed by atoms with Crippen molar-refractivity contribution in [2.75, 3.05) is 6.54 Å². The van der Waals surface area contributed by atoms with Crippen LogP contribution >= 0.6 is 0 Å². The smallest absolute Gasteiger partial charge is 0.0459 e. The maximum atomic E-state index is 3.56. The zero-order valence-corrected chi connectivity index (χ0v) is 11.7. The molecule has 1 aromatic heterocycles. The van der Waals surface area contributed by atoms with Crippen molar-refractivity contribution in [1.82, 2.24) is 10.3 Å². The van der Waals surface area contributed by atoms with Crippen molar-refractivity contribution in [1.29, 1.82) is 0 Å².